The summed E-state index contributed by atoms with van der Waals surface area (Å²) in [6, 6.07) is 83.7. The molecule has 0 spiro atoms. The first-order valence-electron chi connectivity index (χ1n) is 31.0. The lowest BCUT2D eigenvalue weighted by molar-refractivity contribution is 0.568. The molecule has 0 amide bonds. The molecule has 86 heavy (non-hydrogen) atoms. The molecule has 0 saturated carbocycles. The van der Waals surface area contributed by atoms with Crippen LogP contribution < -0.4 is 9.80 Å². The molecule has 0 heterocycles. The summed E-state index contributed by atoms with van der Waals surface area (Å²) in [5.41, 5.74) is 26.3. The van der Waals surface area contributed by atoms with E-state index in [0.717, 1.165) is 34.1 Å². The molecule has 12 rings (SSSR count). The van der Waals surface area contributed by atoms with Gasteiger partial charge in [0, 0.05) is 33.5 Å². The highest BCUT2D eigenvalue weighted by Crippen LogP contribution is 2.51. The van der Waals surface area contributed by atoms with Gasteiger partial charge in [-0.25, -0.2) is 0 Å². The van der Waals surface area contributed by atoms with Crippen molar-refractivity contribution < 1.29 is 0 Å². The Kier molecular flexibility index (Phi) is 14.5. The van der Waals surface area contributed by atoms with Crippen molar-refractivity contribution in [2.24, 2.45) is 0 Å². The first kappa shape index (κ1) is 57.7. The summed E-state index contributed by atoms with van der Waals surface area (Å²) in [7, 11) is 0. The van der Waals surface area contributed by atoms with Crippen molar-refractivity contribution in [2.75, 3.05) is 9.80 Å². The smallest absolute Gasteiger partial charge is 0.0540 e. The van der Waals surface area contributed by atoms with E-state index in [4.69, 9.17) is 0 Å². The van der Waals surface area contributed by atoms with Crippen molar-refractivity contribution in [1.29, 1.82) is 0 Å². The summed E-state index contributed by atoms with van der Waals surface area (Å²) in [6.07, 6.45) is 0. The van der Waals surface area contributed by atoms with E-state index in [9.17, 15) is 0 Å². The van der Waals surface area contributed by atoms with Gasteiger partial charge in [-0.15, -0.1) is 0 Å². The van der Waals surface area contributed by atoms with Crippen molar-refractivity contribution in [2.45, 2.75) is 132 Å². The van der Waals surface area contributed by atoms with Crippen LogP contribution in [0.1, 0.15) is 128 Å². The molecular weight excluding hydrogens is 1040 g/mol. The van der Waals surface area contributed by atoms with Gasteiger partial charge < -0.3 is 9.80 Å². The van der Waals surface area contributed by atoms with Gasteiger partial charge in [-0.05, 0) is 233 Å². The minimum absolute atomic E-state index is 0.109. The van der Waals surface area contributed by atoms with E-state index in [1.807, 2.05) is 0 Å². The van der Waals surface area contributed by atoms with Crippen LogP contribution in [0.2, 0.25) is 0 Å². The highest BCUT2D eigenvalue weighted by molar-refractivity contribution is 6.28. The van der Waals surface area contributed by atoms with Gasteiger partial charge >= 0.3 is 0 Å². The number of aryl methyl sites for hydroxylation is 4. The van der Waals surface area contributed by atoms with Crippen molar-refractivity contribution in [3.05, 3.63) is 263 Å². The topological polar surface area (TPSA) is 6.48 Å². The molecule has 0 aliphatic carbocycles. The van der Waals surface area contributed by atoms with Crippen molar-refractivity contribution in [3.8, 4) is 44.5 Å². The molecule has 2 heteroatoms. The molecule has 0 aliphatic heterocycles. The maximum absolute atomic E-state index is 2.59. The van der Waals surface area contributed by atoms with Crippen LogP contribution in [0.5, 0.6) is 0 Å². The second-order valence-electron chi connectivity index (χ2n) is 28.6. The second-order valence-corrected chi connectivity index (χ2v) is 28.6. The van der Waals surface area contributed by atoms with E-state index in [1.54, 1.807) is 0 Å². The molecule has 0 bridgehead atoms. The van der Waals surface area contributed by atoms with Gasteiger partial charge in [0.1, 0.15) is 0 Å². The van der Waals surface area contributed by atoms with E-state index in [0.29, 0.717) is 0 Å². The average molecular weight is 1120 g/mol. The number of hydrogen-bond donors (Lipinski definition) is 0. The van der Waals surface area contributed by atoms with Crippen molar-refractivity contribution >= 4 is 66.4 Å². The van der Waals surface area contributed by atoms with E-state index in [2.05, 4.69) is 339 Å². The monoisotopic (exact) mass is 1120 g/mol. The van der Waals surface area contributed by atoms with E-state index >= 15 is 0 Å². The Hall–Kier alpha value is -8.72. The normalized spacial score (nSPS) is 12.4. The molecule has 0 atom stereocenters. The standard InChI is InChI=1S/C84H84N2/c1-53-25-17-21-29-71(53)59-41-60(72-30-22-18-26-54(72)2)44-67(43-59)85(69-49-63(81(5,6)7)47-64(50-69)82(8,9)10)77-39-35-57-34-38-76-78(40-36-58-33-37-75(77)79(57)80(58)76)86(70-51-65(83(11,12)13)48-66(52-70)84(14,15)16)68-45-61(73-31-23-19-27-55(73)3)42-62(46-68)74-32-24-20-28-56(74)4/h17-52H,1-16H3. The second kappa shape index (κ2) is 21.7. The fourth-order valence-electron chi connectivity index (χ4n) is 12.9. The number of anilines is 6. The van der Waals surface area contributed by atoms with Crippen molar-refractivity contribution in [1.82, 2.24) is 0 Å². The van der Waals surface area contributed by atoms with Crippen LogP contribution in [-0.4, -0.2) is 0 Å². The molecule has 0 unspecified atom stereocenters. The molecule has 0 radical (unpaired) electrons. The largest absolute Gasteiger partial charge is 0.310 e. The summed E-state index contributed by atoms with van der Waals surface area (Å²) in [5, 5.41) is 7.35. The maximum atomic E-state index is 2.59. The SMILES string of the molecule is Cc1ccccc1-c1cc(-c2ccccc2C)cc(N(c2cc(C(C)(C)C)cc(C(C)(C)C)c2)c2ccc3ccc4c(N(c5cc(-c6ccccc6C)cc(-c6ccccc6C)c5)c5cc(C(C)(C)C)cc(C(C)(C)C)c5)ccc5ccc2c3c54)c1. The lowest BCUT2D eigenvalue weighted by atomic mass is 9.80. The summed E-state index contributed by atoms with van der Waals surface area (Å²) >= 11 is 0. The molecule has 430 valence electrons. The molecule has 0 saturated heterocycles. The van der Waals surface area contributed by atoms with Crippen LogP contribution in [0.4, 0.5) is 34.1 Å². The average Bonchev–Trinajstić information content (AvgIpc) is 0.900. The first-order chi connectivity index (χ1) is 40.8. The van der Waals surface area contributed by atoms with Crippen molar-refractivity contribution in [3.63, 3.8) is 0 Å². The molecule has 0 aromatic heterocycles. The zero-order chi connectivity index (χ0) is 60.8. The van der Waals surface area contributed by atoms with E-state index in [1.165, 1.54) is 121 Å². The van der Waals surface area contributed by atoms with Crippen LogP contribution >= 0.6 is 0 Å². The Labute approximate surface area is 513 Å². The van der Waals surface area contributed by atoms with Crippen LogP contribution in [0.15, 0.2) is 218 Å². The minimum Gasteiger partial charge on any atom is -0.310 e. The molecule has 0 aliphatic rings. The lowest BCUT2D eigenvalue weighted by Crippen LogP contribution is -2.19. The molecule has 12 aromatic carbocycles. The summed E-state index contributed by atoms with van der Waals surface area (Å²) in [5.74, 6) is 0. The minimum atomic E-state index is -0.109. The van der Waals surface area contributed by atoms with Crippen LogP contribution in [0.25, 0.3) is 76.8 Å². The predicted molar refractivity (Wildman–Crippen MR) is 375 cm³/mol. The predicted octanol–water partition coefficient (Wildman–Crippen LogP) is 24.6. The first-order valence-corrected chi connectivity index (χ1v) is 31.0. The van der Waals surface area contributed by atoms with Crippen LogP contribution in [0.3, 0.4) is 0 Å². The zero-order valence-corrected chi connectivity index (χ0v) is 53.7. The Balaban J connectivity index is 1.18. The number of nitrogens with zero attached hydrogens (tertiary/aromatic N) is 2. The zero-order valence-electron chi connectivity index (χ0n) is 53.7. The number of benzene rings is 12. The van der Waals surface area contributed by atoms with Crippen LogP contribution in [-0.2, 0) is 21.7 Å². The fraction of sp³-hybridized carbons (Fsp3) is 0.238. The van der Waals surface area contributed by atoms with Gasteiger partial charge in [0.25, 0.3) is 0 Å². The number of rotatable bonds is 10. The van der Waals surface area contributed by atoms with Gasteiger partial charge in [-0.1, -0.05) is 229 Å². The maximum Gasteiger partial charge on any atom is 0.0540 e. The van der Waals surface area contributed by atoms with Gasteiger partial charge in [0.05, 0.1) is 11.4 Å². The lowest BCUT2D eigenvalue weighted by Gasteiger charge is -2.33. The highest BCUT2D eigenvalue weighted by Gasteiger charge is 2.29. The number of hydrogen-bond acceptors (Lipinski definition) is 2. The molecule has 0 N–H and O–H groups in total. The van der Waals surface area contributed by atoms with Crippen LogP contribution in [0, 0.1) is 27.7 Å². The third-order valence-corrected chi connectivity index (χ3v) is 18.1. The van der Waals surface area contributed by atoms with E-state index < -0.39 is 0 Å². The molecule has 12 aromatic rings. The molecular formula is C84H84N2. The van der Waals surface area contributed by atoms with Gasteiger partial charge in [-0.3, -0.25) is 0 Å². The van der Waals surface area contributed by atoms with Gasteiger partial charge in [-0.2, -0.15) is 0 Å². The third-order valence-electron chi connectivity index (χ3n) is 18.1. The summed E-state index contributed by atoms with van der Waals surface area (Å²) in [4.78, 5) is 5.17. The van der Waals surface area contributed by atoms with Gasteiger partial charge in [0.2, 0.25) is 0 Å². The van der Waals surface area contributed by atoms with E-state index in [-0.39, 0.29) is 21.7 Å². The summed E-state index contributed by atoms with van der Waals surface area (Å²) < 4.78 is 0. The Morgan fingerprint density at radius 3 is 0.744 bits per heavy atom. The Morgan fingerprint density at radius 1 is 0.244 bits per heavy atom. The Morgan fingerprint density at radius 2 is 0.488 bits per heavy atom. The molecule has 2 nitrogen and oxygen atoms in total. The Bertz CT molecular complexity index is 4070. The summed E-state index contributed by atoms with van der Waals surface area (Å²) in [6.45, 7) is 37.1. The fourth-order valence-corrected chi connectivity index (χ4v) is 12.9. The van der Waals surface area contributed by atoms with Gasteiger partial charge in [0.15, 0.2) is 0 Å². The third kappa shape index (κ3) is 10.9. The highest BCUT2D eigenvalue weighted by atomic mass is 15.2. The molecule has 0 fully saturated rings. The quantitative estimate of drug-likeness (QED) is 0.126.